The third-order valence-corrected chi connectivity index (χ3v) is 4.02. The van der Waals surface area contributed by atoms with Gasteiger partial charge < -0.3 is 20.3 Å². The second-order valence-electron chi connectivity index (χ2n) is 5.81. The van der Waals surface area contributed by atoms with Crippen molar-refractivity contribution in [1.82, 2.24) is 15.2 Å². The summed E-state index contributed by atoms with van der Waals surface area (Å²) in [5.41, 5.74) is 0.632. The highest BCUT2D eigenvalue weighted by atomic mass is 16.4. The van der Waals surface area contributed by atoms with Crippen molar-refractivity contribution in [3.8, 4) is 0 Å². The summed E-state index contributed by atoms with van der Waals surface area (Å²) in [4.78, 5) is 40.1. The predicted octanol–water partition coefficient (Wildman–Crippen LogP) is 1.62. The fourth-order valence-corrected chi connectivity index (χ4v) is 2.65. The SMILES string of the molecule is CCCC[C@H](NC(=O)c1c[nH]c(C(=O)N2CCCC2)c1)C(=O)O. The molecule has 1 atom stereocenters. The Morgan fingerprint density at radius 2 is 2.04 bits per heavy atom. The summed E-state index contributed by atoms with van der Waals surface area (Å²) in [7, 11) is 0. The average Bonchev–Trinajstić information content (AvgIpc) is 3.21. The van der Waals surface area contributed by atoms with E-state index < -0.39 is 17.9 Å². The number of aromatic amines is 1. The maximum absolute atomic E-state index is 12.2. The quantitative estimate of drug-likeness (QED) is 0.710. The summed E-state index contributed by atoms with van der Waals surface area (Å²) in [6.45, 7) is 3.43. The number of hydrogen-bond acceptors (Lipinski definition) is 3. The van der Waals surface area contributed by atoms with Crippen molar-refractivity contribution in [1.29, 1.82) is 0 Å². The van der Waals surface area contributed by atoms with Crippen LogP contribution in [0.1, 0.15) is 59.9 Å². The standard InChI is InChI=1S/C16H23N3O4/c1-2-3-6-12(16(22)23)18-14(20)11-9-13(17-10-11)15(21)19-7-4-5-8-19/h9-10,12,17H,2-8H2,1H3,(H,18,20)(H,22,23)/t12-/m0/s1. The lowest BCUT2D eigenvalue weighted by atomic mass is 10.1. The van der Waals surface area contributed by atoms with Crippen LogP contribution in [0.2, 0.25) is 0 Å². The molecule has 2 rings (SSSR count). The molecule has 0 unspecified atom stereocenters. The molecule has 126 valence electrons. The lowest BCUT2D eigenvalue weighted by molar-refractivity contribution is -0.139. The summed E-state index contributed by atoms with van der Waals surface area (Å²) in [6, 6.07) is 0.574. The Morgan fingerprint density at radius 3 is 2.65 bits per heavy atom. The van der Waals surface area contributed by atoms with Gasteiger partial charge in [-0.05, 0) is 25.3 Å². The van der Waals surface area contributed by atoms with Crippen LogP contribution in [0.15, 0.2) is 12.3 Å². The fraction of sp³-hybridized carbons (Fsp3) is 0.562. The van der Waals surface area contributed by atoms with Gasteiger partial charge in [0.15, 0.2) is 0 Å². The van der Waals surface area contributed by atoms with E-state index in [-0.39, 0.29) is 11.5 Å². The molecule has 0 saturated carbocycles. The van der Waals surface area contributed by atoms with Crippen molar-refractivity contribution in [3.63, 3.8) is 0 Å². The molecule has 1 aromatic rings. The Balaban J connectivity index is 1.99. The molecule has 0 aliphatic carbocycles. The van der Waals surface area contributed by atoms with Crippen LogP contribution in [0.5, 0.6) is 0 Å². The smallest absolute Gasteiger partial charge is 0.326 e. The van der Waals surface area contributed by atoms with Gasteiger partial charge in [0, 0.05) is 19.3 Å². The van der Waals surface area contributed by atoms with Crippen molar-refractivity contribution in [2.24, 2.45) is 0 Å². The number of carboxylic acids is 1. The minimum Gasteiger partial charge on any atom is -0.480 e. The van der Waals surface area contributed by atoms with E-state index in [1.54, 1.807) is 4.90 Å². The van der Waals surface area contributed by atoms with E-state index in [4.69, 9.17) is 5.11 Å². The minimum atomic E-state index is -1.05. The van der Waals surface area contributed by atoms with E-state index in [2.05, 4.69) is 10.3 Å². The maximum Gasteiger partial charge on any atom is 0.326 e. The number of aromatic nitrogens is 1. The van der Waals surface area contributed by atoms with Gasteiger partial charge in [-0.3, -0.25) is 9.59 Å². The number of carbonyl (C=O) groups is 3. The predicted molar refractivity (Wildman–Crippen MR) is 84.3 cm³/mol. The molecule has 23 heavy (non-hydrogen) atoms. The highest BCUT2D eigenvalue weighted by Crippen LogP contribution is 2.13. The van der Waals surface area contributed by atoms with Crippen molar-refractivity contribution >= 4 is 17.8 Å². The molecule has 2 heterocycles. The molecular formula is C16H23N3O4. The molecule has 3 N–H and O–H groups in total. The van der Waals surface area contributed by atoms with Crippen LogP contribution in [0.25, 0.3) is 0 Å². The van der Waals surface area contributed by atoms with E-state index in [1.807, 2.05) is 6.92 Å². The van der Waals surface area contributed by atoms with E-state index in [9.17, 15) is 14.4 Å². The Hall–Kier alpha value is -2.31. The van der Waals surface area contributed by atoms with Gasteiger partial charge in [-0.2, -0.15) is 0 Å². The highest BCUT2D eigenvalue weighted by Gasteiger charge is 2.24. The number of nitrogens with zero attached hydrogens (tertiary/aromatic N) is 1. The number of hydrogen-bond donors (Lipinski definition) is 3. The third-order valence-electron chi connectivity index (χ3n) is 4.02. The maximum atomic E-state index is 12.2. The number of rotatable bonds is 7. The first-order chi connectivity index (χ1) is 11.0. The van der Waals surface area contributed by atoms with Crippen LogP contribution >= 0.6 is 0 Å². The molecule has 1 aliphatic heterocycles. The number of aliphatic carboxylic acids is 1. The monoisotopic (exact) mass is 321 g/mol. The number of likely N-dealkylation sites (tertiary alicyclic amines) is 1. The first-order valence-electron chi connectivity index (χ1n) is 8.04. The van der Waals surface area contributed by atoms with Gasteiger partial charge in [-0.15, -0.1) is 0 Å². The number of carboxylic acid groups (broad SMARTS) is 1. The molecular weight excluding hydrogens is 298 g/mol. The molecule has 0 aromatic carbocycles. The summed E-state index contributed by atoms with van der Waals surface area (Å²) in [5, 5.41) is 11.7. The van der Waals surface area contributed by atoms with Crippen molar-refractivity contribution in [2.45, 2.75) is 45.1 Å². The van der Waals surface area contributed by atoms with Crippen molar-refractivity contribution in [2.75, 3.05) is 13.1 Å². The zero-order valence-electron chi connectivity index (χ0n) is 13.3. The van der Waals surface area contributed by atoms with Crippen LogP contribution in [-0.2, 0) is 4.79 Å². The molecule has 2 amide bonds. The van der Waals surface area contributed by atoms with Crippen LogP contribution in [0, 0.1) is 0 Å². The molecule has 0 radical (unpaired) electrons. The van der Waals surface area contributed by atoms with Crippen LogP contribution in [-0.4, -0.2) is 51.9 Å². The van der Waals surface area contributed by atoms with E-state index in [0.29, 0.717) is 12.1 Å². The lowest BCUT2D eigenvalue weighted by Crippen LogP contribution is -2.40. The Labute approximate surface area is 135 Å². The number of nitrogens with one attached hydrogen (secondary N) is 2. The molecule has 7 heteroatoms. The average molecular weight is 321 g/mol. The van der Waals surface area contributed by atoms with Gasteiger partial charge in [-0.1, -0.05) is 19.8 Å². The van der Waals surface area contributed by atoms with Crippen molar-refractivity contribution in [3.05, 3.63) is 23.5 Å². The van der Waals surface area contributed by atoms with Gasteiger partial charge in [0.1, 0.15) is 11.7 Å². The largest absolute Gasteiger partial charge is 0.480 e. The van der Waals surface area contributed by atoms with Crippen LogP contribution in [0.3, 0.4) is 0 Å². The minimum absolute atomic E-state index is 0.123. The topological polar surface area (TPSA) is 103 Å². The number of amides is 2. The number of H-pyrrole nitrogens is 1. The van der Waals surface area contributed by atoms with Crippen LogP contribution in [0.4, 0.5) is 0 Å². The van der Waals surface area contributed by atoms with E-state index in [1.165, 1.54) is 12.3 Å². The molecule has 0 spiro atoms. The normalized spacial score (nSPS) is 15.4. The van der Waals surface area contributed by atoms with Gasteiger partial charge in [0.05, 0.1) is 5.56 Å². The van der Waals surface area contributed by atoms with E-state index in [0.717, 1.165) is 38.8 Å². The van der Waals surface area contributed by atoms with Gasteiger partial charge >= 0.3 is 5.97 Å². The summed E-state index contributed by atoms with van der Waals surface area (Å²) in [6.07, 6.45) is 5.41. The van der Waals surface area contributed by atoms with Gasteiger partial charge in [0.25, 0.3) is 11.8 Å². The zero-order valence-corrected chi connectivity index (χ0v) is 13.3. The first-order valence-corrected chi connectivity index (χ1v) is 8.04. The number of unbranched alkanes of at least 4 members (excludes halogenated alkanes) is 1. The Kier molecular flexibility index (Phi) is 5.78. The molecule has 1 aliphatic rings. The lowest BCUT2D eigenvalue weighted by Gasteiger charge is -2.14. The van der Waals surface area contributed by atoms with Crippen molar-refractivity contribution < 1.29 is 19.5 Å². The second-order valence-corrected chi connectivity index (χ2v) is 5.81. The van der Waals surface area contributed by atoms with Crippen LogP contribution < -0.4 is 5.32 Å². The highest BCUT2D eigenvalue weighted by molar-refractivity contribution is 6.00. The summed E-state index contributed by atoms with van der Waals surface area (Å²) < 4.78 is 0. The molecule has 1 fully saturated rings. The summed E-state index contributed by atoms with van der Waals surface area (Å²) >= 11 is 0. The summed E-state index contributed by atoms with van der Waals surface area (Å²) in [5.74, 6) is -1.65. The molecule has 0 bridgehead atoms. The van der Waals surface area contributed by atoms with Gasteiger partial charge in [-0.25, -0.2) is 4.79 Å². The zero-order chi connectivity index (χ0) is 16.8. The second kappa shape index (κ2) is 7.80. The third kappa shape index (κ3) is 4.34. The number of carbonyl (C=O) groups excluding carboxylic acids is 2. The molecule has 7 nitrogen and oxygen atoms in total. The molecule has 1 aromatic heterocycles. The van der Waals surface area contributed by atoms with E-state index >= 15 is 0 Å². The Morgan fingerprint density at radius 1 is 1.35 bits per heavy atom. The first kappa shape index (κ1) is 17.1. The Bertz CT molecular complexity index is 576. The molecule has 1 saturated heterocycles. The fourth-order valence-electron chi connectivity index (χ4n) is 2.65. The van der Waals surface area contributed by atoms with Gasteiger partial charge in [0.2, 0.25) is 0 Å².